The lowest BCUT2D eigenvalue weighted by atomic mass is 9.91. The molecule has 27 heavy (non-hydrogen) atoms. The molecular formula is C20H19BrF3NO2. The first-order chi connectivity index (χ1) is 12.8. The summed E-state index contributed by atoms with van der Waals surface area (Å²) in [7, 11) is 0. The standard InChI is InChI=1S/C20H19BrF3NO2/c21-16-8-4-6-14(12-16)18(25-10-2-1-9-17(25)19(26)27)13-5-3-7-15(11-13)20(22,23)24/h3-8,11-12,17-18H,1-2,9-10H2,(H,26,27). The van der Waals surface area contributed by atoms with Crippen molar-refractivity contribution in [3.8, 4) is 0 Å². The van der Waals surface area contributed by atoms with E-state index in [-0.39, 0.29) is 0 Å². The lowest BCUT2D eigenvalue weighted by Gasteiger charge is -2.39. The zero-order valence-corrected chi connectivity index (χ0v) is 16.0. The highest BCUT2D eigenvalue weighted by Gasteiger charge is 2.37. The fourth-order valence-electron chi connectivity index (χ4n) is 3.67. The first-order valence-corrected chi connectivity index (χ1v) is 9.48. The summed E-state index contributed by atoms with van der Waals surface area (Å²) in [4.78, 5) is 13.6. The molecule has 0 aromatic heterocycles. The second-order valence-corrected chi connectivity index (χ2v) is 7.58. The molecular weight excluding hydrogens is 423 g/mol. The maximum absolute atomic E-state index is 13.2. The van der Waals surface area contributed by atoms with Crippen molar-refractivity contribution in [1.29, 1.82) is 0 Å². The average Bonchev–Trinajstić information content (AvgIpc) is 2.62. The van der Waals surface area contributed by atoms with Crippen molar-refractivity contribution in [2.24, 2.45) is 0 Å². The monoisotopic (exact) mass is 441 g/mol. The van der Waals surface area contributed by atoms with Gasteiger partial charge < -0.3 is 5.11 Å². The van der Waals surface area contributed by atoms with Crippen molar-refractivity contribution >= 4 is 21.9 Å². The average molecular weight is 442 g/mol. The second-order valence-electron chi connectivity index (χ2n) is 6.67. The van der Waals surface area contributed by atoms with Gasteiger partial charge in [-0.15, -0.1) is 0 Å². The fourth-order valence-corrected chi connectivity index (χ4v) is 4.08. The van der Waals surface area contributed by atoms with Crippen LogP contribution >= 0.6 is 15.9 Å². The zero-order valence-electron chi connectivity index (χ0n) is 14.4. The molecule has 2 atom stereocenters. The van der Waals surface area contributed by atoms with E-state index in [1.54, 1.807) is 12.1 Å². The molecule has 1 fully saturated rings. The molecule has 144 valence electrons. The summed E-state index contributed by atoms with van der Waals surface area (Å²) >= 11 is 3.40. The molecule has 1 N–H and O–H groups in total. The van der Waals surface area contributed by atoms with Gasteiger partial charge in [0, 0.05) is 4.47 Å². The number of aliphatic carboxylic acids is 1. The summed E-state index contributed by atoms with van der Waals surface area (Å²) < 4.78 is 40.5. The van der Waals surface area contributed by atoms with Crippen molar-refractivity contribution < 1.29 is 23.1 Å². The number of likely N-dealkylation sites (tertiary alicyclic amines) is 1. The van der Waals surface area contributed by atoms with E-state index < -0.39 is 29.8 Å². The first kappa shape index (κ1) is 19.9. The minimum atomic E-state index is -4.45. The van der Waals surface area contributed by atoms with Gasteiger partial charge in [-0.1, -0.05) is 46.6 Å². The molecule has 1 saturated heterocycles. The molecule has 3 rings (SSSR count). The third-order valence-corrected chi connectivity index (χ3v) is 5.35. The van der Waals surface area contributed by atoms with E-state index in [0.29, 0.717) is 18.5 Å². The molecule has 1 heterocycles. The quantitative estimate of drug-likeness (QED) is 0.681. The molecule has 2 aromatic rings. The molecule has 1 aliphatic heterocycles. The number of carbonyl (C=O) groups is 1. The van der Waals surface area contributed by atoms with Crippen LogP contribution in [0.1, 0.15) is 42.0 Å². The number of rotatable bonds is 4. The Kier molecular flexibility index (Phi) is 5.91. The van der Waals surface area contributed by atoms with Gasteiger partial charge in [0.1, 0.15) is 6.04 Å². The van der Waals surface area contributed by atoms with E-state index in [0.717, 1.165) is 35.0 Å². The number of alkyl halides is 3. The predicted octanol–water partition coefficient (Wildman–Crippen LogP) is 5.50. The minimum Gasteiger partial charge on any atom is -0.480 e. The van der Waals surface area contributed by atoms with Gasteiger partial charge in [-0.3, -0.25) is 9.69 Å². The first-order valence-electron chi connectivity index (χ1n) is 8.68. The van der Waals surface area contributed by atoms with E-state index in [1.807, 2.05) is 23.1 Å². The van der Waals surface area contributed by atoms with Crippen LogP contribution in [-0.2, 0) is 11.0 Å². The fraction of sp³-hybridized carbons (Fsp3) is 0.350. The lowest BCUT2D eigenvalue weighted by Crippen LogP contribution is -2.46. The molecule has 2 aromatic carbocycles. The number of nitrogens with zero attached hydrogens (tertiary/aromatic N) is 1. The van der Waals surface area contributed by atoms with Crippen LogP contribution in [0.25, 0.3) is 0 Å². The van der Waals surface area contributed by atoms with Gasteiger partial charge in [0.05, 0.1) is 11.6 Å². The van der Waals surface area contributed by atoms with Crippen LogP contribution in [-0.4, -0.2) is 28.6 Å². The van der Waals surface area contributed by atoms with Crippen molar-refractivity contribution in [2.45, 2.75) is 37.5 Å². The number of carboxylic acids is 1. The molecule has 0 amide bonds. The highest BCUT2D eigenvalue weighted by atomic mass is 79.9. The Morgan fingerprint density at radius 3 is 2.41 bits per heavy atom. The number of halogens is 4. The van der Waals surface area contributed by atoms with E-state index in [9.17, 15) is 23.1 Å². The van der Waals surface area contributed by atoms with Crippen molar-refractivity contribution in [3.05, 3.63) is 69.7 Å². The SMILES string of the molecule is O=C(O)C1CCCCN1C(c1cccc(Br)c1)c1cccc(C(F)(F)F)c1. The summed E-state index contributed by atoms with van der Waals surface area (Å²) in [5.74, 6) is -0.943. The Bertz CT molecular complexity index is 825. The minimum absolute atomic E-state index is 0.441. The topological polar surface area (TPSA) is 40.5 Å². The Morgan fingerprint density at radius 2 is 1.78 bits per heavy atom. The predicted molar refractivity (Wildman–Crippen MR) is 99.4 cm³/mol. The summed E-state index contributed by atoms with van der Waals surface area (Å²) in [6, 6.07) is 11.2. The van der Waals surface area contributed by atoms with Crippen molar-refractivity contribution in [2.75, 3.05) is 6.54 Å². The number of carboxylic acid groups (broad SMARTS) is 1. The Balaban J connectivity index is 2.12. The Morgan fingerprint density at radius 1 is 1.11 bits per heavy atom. The number of benzene rings is 2. The summed E-state index contributed by atoms with van der Waals surface area (Å²) in [5, 5.41) is 9.66. The van der Waals surface area contributed by atoms with Crippen LogP contribution < -0.4 is 0 Å². The molecule has 2 unspecified atom stereocenters. The number of piperidine rings is 1. The molecule has 3 nitrogen and oxygen atoms in total. The van der Waals surface area contributed by atoms with Gasteiger partial charge in [0.2, 0.25) is 0 Å². The molecule has 0 saturated carbocycles. The van der Waals surface area contributed by atoms with E-state index in [1.165, 1.54) is 6.07 Å². The maximum Gasteiger partial charge on any atom is 0.416 e. The highest BCUT2D eigenvalue weighted by Crippen LogP contribution is 2.37. The van der Waals surface area contributed by atoms with Crippen molar-refractivity contribution in [3.63, 3.8) is 0 Å². The van der Waals surface area contributed by atoms with Crippen molar-refractivity contribution in [1.82, 2.24) is 4.90 Å². The van der Waals surface area contributed by atoms with E-state index in [2.05, 4.69) is 15.9 Å². The number of hydrogen-bond donors (Lipinski definition) is 1. The molecule has 0 spiro atoms. The lowest BCUT2D eigenvalue weighted by molar-refractivity contribution is -0.145. The highest BCUT2D eigenvalue weighted by molar-refractivity contribution is 9.10. The largest absolute Gasteiger partial charge is 0.480 e. The third-order valence-electron chi connectivity index (χ3n) is 4.86. The Labute approximate surface area is 163 Å². The third kappa shape index (κ3) is 4.52. The molecule has 0 radical (unpaired) electrons. The molecule has 0 bridgehead atoms. The second kappa shape index (κ2) is 8.02. The van der Waals surface area contributed by atoms with Gasteiger partial charge in [0.25, 0.3) is 0 Å². The van der Waals surface area contributed by atoms with Gasteiger partial charge in [-0.25, -0.2) is 0 Å². The van der Waals surface area contributed by atoms with E-state index in [4.69, 9.17) is 0 Å². The van der Waals surface area contributed by atoms with Crippen LogP contribution in [0, 0.1) is 0 Å². The zero-order chi connectivity index (χ0) is 19.6. The van der Waals surface area contributed by atoms with Crippen LogP contribution in [0.4, 0.5) is 13.2 Å². The molecule has 1 aliphatic rings. The smallest absolute Gasteiger partial charge is 0.416 e. The maximum atomic E-state index is 13.2. The molecule has 7 heteroatoms. The van der Waals surface area contributed by atoms with Crippen LogP contribution in [0.15, 0.2) is 53.0 Å². The summed E-state index contributed by atoms with van der Waals surface area (Å²) in [6.07, 6.45) is -2.36. The van der Waals surface area contributed by atoms with Gasteiger partial charge in [0.15, 0.2) is 0 Å². The molecule has 0 aliphatic carbocycles. The van der Waals surface area contributed by atoms with Crippen LogP contribution in [0.2, 0.25) is 0 Å². The van der Waals surface area contributed by atoms with E-state index >= 15 is 0 Å². The van der Waals surface area contributed by atoms with Crippen LogP contribution in [0.3, 0.4) is 0 Å². The summed E-state index contributed by atoms with van der Waals surface area (Å²) in [5.41, 5.74) is 0.469. The summed E-state index contributed by atoms with van der Waals surface area (Å²) in [6.45, 7) is 0.518. The number of hydrogen-bond acceptors (Lipinski definition) is 2. The van der Waals surface area contributed by atoms with Crippen LogP contribution in [0.5, 0.6) is 0 Å². The van der Waals surface area contributed by atoms with Gasteiger partial charge in [-0.2, -0.15) is 13.2 Å². The van der Waals surface area contributed by atoms with Gasteiger partial charge in [-0.05, 0) is 54.8 Å². The normalized spacial score (nSPS) is 19.6. The van der Waals surface area contributed by atoms with Gasteiger partial charge >= 0.3 is 12.1 Å². The Hall–Kier alpha value is -1.86.